The van der Waals surface area contributed by atoms with Crippen LogP contribution >= 0.6 is 0 Å². The molecule has 0 saturated carbocycles. The van der Waals surface area contributed by atoms with Crippen molar-refractivity contribution in [3.8, 4) is 11.5 Å². The van der Waals surface area contributed by atoms with Gasteiger partial charge in [0.25, 0.3) is 0 Å². The van der Waals surface area contributed by atoms with Gasteiger partial charge in [-0.1, -0.05) is 23.8 Å². The molecule has 0 unspecified atom stereocenters. The second-order valence-corrected chi connectivity index (χ2v) is 4.81. The van der Waals surface area contributed by atoms with Gasteiger partial charge in [-0.05, 0) is 44.5 Å². The predicted molar refractivity (Wildman–Crippen MR) is 75.0 cm³/mol. The van der Waals surface area contributed by atoms with Crippen molar-refractivity contribution < 1.29 is 9.13 Å². The molecular weight excluding hydrogens is 241 g/mol. The van der Waals surface area contributed by atoms with Crippen LogP contribution in [-0.2, 0) is 0 Å². The van der Waals surface area contributed by atoms with Gasteiger partial charge in [-0.2, -0.15) is 0 Å². The molecule has 2 aromatic carbocycles. The number of benzene rings is 2. The van der Waals surface area contributed by atoms with E-state index in [4.69, 9.17) is 10.5 Å². The molecule has 0 saturated heterocycles. The molecule has 0 radical (unpaired) electrons. The van der Waals surface area contributed by atoms with E-state index in [1.54, 1.807) is 19.1 Å². The average Bonchev–Trinajstić information content (AvgIpc) is 2.32. The zero-order valence-corrected chi connectivity index (χ0v) is 11.4. The summed E-state index contributed by atoms with van der Waals surface area (Å²) < 4.78 is 19.6. The summed E-state index contributed by atoms with van der Waals surface area (Å²) in [5.41, 5.74) is 8.39. The van der Waals surface area contributed by atoms with Crippen molar-refractivity contribution in [1.82, 2.24) is 0 Å². The summed E-state index contributed by atoms with van der Waals surface area (Å²) >= 11 is 0. The van der Waals surface area contributed by atoms with E-state index in [1.165, 1.54) is 6.07 Å². The van der Waals surface area contributed by atoms with Crippen LogP contribution in [0.15, 0.2) is 36.4 Å². The molecule has 0 heterocycles. The maximum Gasteiger partial charge on any atom is 0.135 e. The minimum atomic E-state index is -0.415. The third kappa shape index (κ3) is 2.93. The molecule has 0 aromatic heterocycles. The Labute approximate surface area is 113 Å². The maximum absolute atomic E-state index is 13.8. The van der Waals surface area contributed by atoms with Crippen LogP contribution < -0.4 is 10.5 Å². The highest BCUT2D eigenvalue weighted by atomic mass is 19.1. The number of hydrogen-bond donors (Lipinski definition) is 1. The van der Waals surface area contributed by atoms with E-state index >= 15 is 0 Å². The summed E-state index contributed by atoms with van der Waals surface area (Å²) in [7, 11) is 0. The van der Waals surface area contributed by atoms with Crippen molar-refractivity contribution in [2.75, 3.05) is 0 Å². The first-order valence-electron chi connectivity index (χ1n) is 6.28. The zero-order chi connectivity index (χ0) is 14.0. The highest BCUT2D eigenvalue weighted by Crippen LogP contribution is 2.32. The standard InChI is InChI=1S/C16H18FNO/c1-10-7-8-14(11(2)9-10)19-15-6-4-5-13(17)16(15)12(3)18/h4-9,12H,18H2,1-3H3/t12-/m0/s1. The average molecular weight is 259 g/mol. The number of halogens is 1. The largest absolute Gasteiger partial charge is 0.457 e. The Hall–Kier alpha value is -1.87. The lowest BCUT2D eigenvalue weighted by Crippen LogP contribution is -2.09. The van der Waals surface area contributed by atoms with E-state index in [0.717, 1.165) is 16.9 Å². The summed E-state index contributed by atoms with van der Waals surface area (Å²) in [5.74, 6) is 0.859. The normalized spacial score (nSPS) is 12.3. The van der Waals surface area contributed by atoms with E-state index in [1.807, 2.05) is 32.0 Å². The van der Waals surface area contributed by atoms with Crippen LogP contribution in [0.1, 0.15) is 29.7 Å². The molecule has 0 spiro atoms. The van der Waals surface area contributed by atoms with Gasteiger partial charge in [-0.15, -0.1) is 0 Å². The van der Waals surface area contributed by atoms with Crippen LogP contribution in [0.5, 0.6) is 11.5 Å². The molecule has 2 N–H and O–H groups in total. The minimum Gasteiger partial charge on any atom is -0.457 e. The molecule has 0 bridgehead atoms. The molecule has 19 heavy (non-hydrogen) atoms. The zero-order valence-electron chi connectivity index (χ0n) is 11.4. The van der Waals surface area contributed by atoms with Gasteiger partial charge in [-0.3, -0.25) is 0 Å². The molecule has 3 heteroatoms. The molecule has 1 atom stereocenters. The Morgan fingerprint density at radius 1 is 1.11 bits per heavy atom. The van der Waals surface area contributed by atoms with Crippen molar-refractivity contribution in [3.05, 3.63) is 58.9 Å². The van der Waals surface area contributed by atoms with Crippen molar-refractivity contribution >= 4 is 0 Å². The van der Waals surface area contributed by atoms with Gasteiger partial charge >= 0.3 is 0 Å². The fraction of sp³-hybridized carbons (Fsp3) is 0.250. The first-order valence-corrected chi connectivity index (χ1v) is 6.28. The Morgan fingerprint density at radius 2 is 1.84 bits per heavy atom. The first kappa shape index (κ1) is 13.6. The summed E-state index contributed by atoms with van der Waals surface area (Å²) in [4.78, 5) is 0. The van der Waals surface area contributed by atoms with Crippen LogP contribution in [0.2, 0.25) is 0 Å². The van der Waals surface area contributed by atoms with Gasteiger partial charge in [0.1, 0.15) is 17.3 Å². The predicted octanol–water partition coefficient (Wildman–Crippen LogP) is 4.25. The molecule has 0 aliphatic rings. The Balaban J connectivity index is 2.41. The maximum atomic E-state index is 13.8. The second kappa shape index (κ2) is 5.41. The molecular formula is C16H18FNO. The van der Waals surface area contributed by atoms with E-state index in [0.29, 0.717) is 11.3 Å². The molecule has 0 aliphatic heterocycles. The van der Waals surface area contributed by atoms with Gasteiger partial charge in [0.05, 0.1) is 0 Å². The molecule has 2 aromatic rings. The fourth-order valence-electron chi connectivity index (χ4n) is 2.08. The summed E-state index contributed by atoms with van der Waals surface area (Å²) in [6.07, 6.45) is 0. The highest BCUT2D eigenvalue weighted by Gasteiger charge is 2.14. The highest BCUT2D eigenvalue weighted by molar-refractivity contribution is 5.43. The van der Waals surface area contributed by atoms with E-state index < -0.39 is 6.04 Å². The van der Waals surface area contributed by atoms with Gasteiger partial charge < -0.3 is 10.5 Å². The number of hydrogen-bond acceptors (Lipinski definition) is 2. The molecule has 0 fully saturated rings. The van der Waals surface area contributed by atoms with E-state index in [9.17, 15) is 4.39 Å². The van der Waals surface area contributed by atoms with Crippen molar-refractivity contribution in [3.63, 3.8) is 0 Å². The summed E-state index contributed by atoms with van der Waals surface area (Å²) in [6, 6.07) is 10.2. The number of ether oxygens (including phenoxy) is 1. The lowest BCUT2D eigenvalue weighted by atomic mass is 10.1. The Kier molecular flexibility index (Phi) is 3.86. The molecule has 100 valence electrons. The number of rotatable bonds is 3. The van der Waals surface area contributed by atoms with Gasteiger partial charge in [-0.25, -0.2) is 4.39 Å². The number of nitrogens with two attached hydrogens (primary N) is 1. The summed E-state index contributed by atoms with van der Waals surface area (Å²) in [5, 5.41) is 0. The SMILES string of the molecule is Cc1ccc(Oc2cccc(F)c2[C@H](C)N)c(C)c1. The number of aryl methyl sites for hydroxylation is 2. The van der Waals surface area contributed by atoms with Crippen LogP contribution in [0.25, 0.3) is 0 Å². The van der Waals surface area contributed by atoms with Crippen LogP contribution in [0, 0.1) is 19.7 Å². The van der Waals surface area contributed by atoms with E-state index in [-0.39, 0.29) is 5.82 Å². The first-order chi connectivity index (χ1) is 8.99. The van der Waals surface area contributed by atoms with E-state index in [2.05, 4.69) is 0 Å². The Morgan fingerprint density at radius 3 is 2.47 bits per heavy atom. The van der Waals surface area contributed by atoms with Gasteiger partial charge in [0.15, 0.2) is 0 Å². The van der Waals surface area contributed by atoms with Gasteiger partial charge in [0.2, 0.25) is 0 Å². The van der Waals surface area contributed by atoms with Crippen molar-refractivity contribution in [1.29, 1.82) is 0 Å². The Bertz CT molecular complexity index is 593. The minimum absolute atomic E-state index is 0.336. The summed E-state index contributed by atoms with van der Waals surface area (Å²) in [6.45, 7) is 5.73. The van der Waals surface area contributed by atoms with Crippen molar-refractivity contribution in [2.24, 2.45) is 5.73 Å². The van der Waals surface area contributed by atoms with Crippen LogP contribution in [0.3, 0.4) is 0 Å². The smallest absolute Gasteiger partial charge is 0.135 e. The van der Waals surface area contributed by atoms with Gasteiger partial charge in [0, 0.05) is 11.6 Å². The lowest BCUT2D eigenvalue weighted by molar-refractivity contribution is 0.457. The van der Waals surface area contributed by atoms with Crippen LogP contribution in [0.4, 0.5) is 4.39 Å². The second-order valence-electron chi connectivity index (χ2n) is 4.81. The molecule has 0 amide bonds. The molecule has 2 rings (SSSR count). The third-order valence-corrected chi connectivity index (χ3v) is 3.02. The topological polar surface area (TPSA) is 35.2 Å². The molecule has 2 nitrogen and oxygen atoms in total. The quantitative estimate of drug-likeness (QED) is 0.894. The lowest BCUT2D eigenvalue weighted by Gasteiger charge is -2.16. The third-order valence-electron chi connectivity index (χ3n) is 3.02. The molecule has 0 aliphatic carbocycles. The van der Waals surface area contributed by atoms with Crippen LogP contribution in [-0.4, -0.2) is 0 Å². The fourth-order valence-corrected chi connectivity index (χ4v) is 2.08. The van der Waals surface area contributed by atoms with Crippen molar-refractivity contribution in [2.45, 2.75) is 26.8 Å². The monoisotopic (exact) mass is 259 g/mol.